The first-order valence-corrected chi connectivity index (χ1v) is 7.34. The zero-order valence-corrected chi connectivity index (χ0v) is 12.5. The van der Waals surface area contributed by atoms with Gasteiger partial charge >= 0.3 is 5.97 Å². The molecule has 1 heterocycles. The molecule has 1 amide bonds. The zero-order valence-electron chi connectivity index (χ0n) is 12.5. The van der Waals surface area contributed by atoms with Gasteiger partial charge in [0.1, 0.15) is 0 Å². The minimum absolute atomic E-state index is 0.0410. The van der Waals surface area contributed by atoms with E-state index in [9.17, 15) is 9.59 Å². The Morgan fingerprint density at radius 2 is 2.00 bits per heavy atom. The molecule has 2 atom stereocenters. The molecule has 0 bridgehead atoms. The van der Waals surface area contributed by atoms with Gasteiger partial charge in [0, 0.05) is 0 Å². The standard InChI is InChI=1S/C16H22N2O3/c1-11(18-15(19)14-5-3-4-10-17-14)12-6-8-13(9-7-12)16(20)21-2/h6-9,11,14,17H,3-5,10H2,1-2H3,(H,18,19)/t11-,14+/m0/s1. The molecule has 0 spiro atoms. The Hall–Kier alpha value is -1.88. The van der Waals surface area contributed by atoms with Gasteiger partial charge in [0.25, 0.3) is 0 Å². The molecule has 1 aliphatic rings. The number of amides is 1. The molecule has 2 N–H and O–H groups in total. The fraction of sp³-hybridized carbons (Fsp3) is 0.500. The van der Waals surface area contributed by atoms with Gasteiger partial charge in [0.15, 0.2) is 0 Å². The second kappa shape index (κ2) is 7.22. The number of hydrogen-bond acceptors (Lipinski definition) is 4. The number of carbonyl (C=O) groups excluding carboxylic acids is 2. The molecular weight excluding hydrogens is 268 g/mol. The van der Waals surface area contributed by atoms with E-state index in [2.05, 4.69) is 15.4 Å². The van der Waals surface area contributed by atoms with Crippen LogP contribution in [-0.2, 0) is 9.53 Å². The van der Waals surface area contributed by atoms with Crippen molar-refractivity contribution in [3.63, 3.8) is 0 Å². The lowest BCUT2D eigenvalue weighted by Crippen LogP contribution is -2.47. The molecule has 0 saturated carbocycles. The normalized spacial score (nSPS) is 19.6. The van der Waals surface area contributed by atoms with E-state index in [4.69, 9.17) is 0 Å². The Balaban J connectivity index is 1.94. The van der Waals surface area contributed by atoms with E-state index in [1.54, 1.807) is 12.1 Å². The van der Waals surface area contributed by atoms with Crippen molar-refractivity contribution >= 4 is 11.9 Å². The van der Waals surface area contributed by atoms with E-state index in [-0.39, 0.29) is 24.0 Å². The van der Waals surface area contributed by atoms with Crippen molar-refractivity contribution in [3.05, 3.63) is 35.4 Å². The first-order valence-electron chi connectivity index (χ1n) is 7.34. The number of hydrogen-bond donors (Lipinski definition) is 2. The van der Waals surface area contributed by atoms with Crippen LogP contribution in [0, 0.1) is 0 Å². The van der Waals surface area contributed by atoms with Crippen molar-refractivity contribution < 1.29 is 14.3 Å². The van der Waals surface area contributed by atoms with Gasteiger partial charge < -0.3 is 15.4 Å². The predicted octanol–water partition coefficient (Wildman–Crippen LogP) is 1.79. The summed E-state index contributed by atoms with van der Waals surface area (Å²) < 4.78 is 4.66. The topological polar surface area (TPSA) is 67.4 Å². The number of nitrogens with one attached hydrogen (secondary N) is 2. The van der Waals surface area contributed by atoms with Crippen molar-refractivity contribution in [2.75, 3.05) is 13.7 Å². The predicted molar refractivity (Wildman–Crippen MR) is 80.0 cm³/mol. The maximum Gasteiger partial charge on any atom is 0.337 e. The fourth-order valence-electron chi connectivity index (χ4n) is 2.50. The molecule has 1 saturated heterocycles. The van der Waals surface area contributed by atoms with Crippen molar-refractivity contribution in [1.29, 1.82) is 0 Å². The minimum Gasteiger partial charge on any atom is -0.465 e. The summed E-state index contributed by atoms with van der Waals surface area (Å²) in [5.41, 5.74) is 1.47. The number of esters is 1. The van der Waals surface area contributed by atoms with Crippen LogP contribution >= 0.6 is 0 Å². The minimum atomic E-state index is -0.357. The lowest BCUT2D eigenvalue weighted by molar-refractivity contribution is -0.124. The molecule has 21 heavy (non-hydrogen) atoms. The number of ether oxygens (including phenoxy) is 1. The highest BCUT2D eigenvalue weighted by Gasteiger charge is 2.22. The second-order valence-electron chi connectivity index (χ2n) is 5.35. The van der Waals surface area contributed by atoms with E-state index in [1.807, 2.05) is 19.1 Å². The number of methoxy groups -OCH3 is 1. The van der Waals surface area contributed by atoms with E-state index in [0.29, 0.717) is 5.56 Å². The molecule has 114 valence electrons. The second-order valence-corrected chi connectivity index (χ2v) is 5.35. The van der Waals surface area contributed by atoms with Crippen LogP contribution in [0.2, 0.25) is 0 Å². The van der Waals surface area contributed by atoms with E-state index in [1.165, 1.54) is 7.11 Å². The Morgan fingerprint density at radius 1 is 1.29 bits per heavy atom. The van der Waals surface area contributed by atoms with Crippen molar-refractivity contribution in [3.8, 4) is 0 Å². The first kappa shape index (κ1) is 15.5. The largest absolute Gasteiger partial charge is 0.465 e. The van der Waals surface area contributed by atoms with Gasteiger partial charge in [-0.05, 0) is 44.0 Å². The maximum atomic E-state index is 12.2. The summed E-state index contributed by atoms with van der Waals surface area (Å²) in [5.74, 6) is -0.316. The lowest BCUT2D eigenvalue weighted by Gasteiger charge is -2.24. The van der Waals surface area contributed by atoms with Gasteiger partial charge in [0.2, 0.25) is 5.91 Å². The molecule has 2 rings (SSSR count). The molecular formula is C16H22N2O3. The summed E-state index contributed by atoms with van der Waals surface area (Å²) >= 11 is 0. The number of rotatable bonds is 4. The first-order chi connectivity index (χ1) is 10.1. The average molecular weight is 290 g/mol. The van der Waals surface area contributed by atoms with Crippen molar-refractivity contribution in [2.45, 2.75) is 38.3 Å². The van der Waals surface area contributed by atoms with Gasteiger partial charge in [-0.25, -0.2) is 4.79 Å². The summed E-state index contributed by atoms with van der Waals surface area (Å²) in [6.07, 6.45) is 3.11. The van der Waals surface area contributed by atoms with Crippen molar-refractivity contribution in [2.24, 2.45) is 0 Å². The Morgan fingerprint density at radius 3 is 2.57 bits per heavy atom. The maximum absolute atomic E-state index is 12.2. The Labute approximate surface area is 125 Å². The smallest absolute Gasteiger partial charge is 0.337 e. The van der Waals surface area contributed by atoms with Crippen LogP contribution in [0.1, 0.15) is 48.1 Å². The van der Waals surface area contributed by atoms with Crippen LogP contribution in [0.3, 0.4) is 0 Å². The van der Waals surface area contributed by atoms with Crippen LogP contribution in [0.25, 0.3) is 0 Å². The summed E-state index contributed by atoms with van der Waals surface area (Å²) in [4.78, 5) is 23.5. The van der Waals surface area contributed by atoms with Crippen LogP contribution in [0.5, 0.6) is 0 Å². The van der Waals surface area contributed by atoms with E-state index >= 15 is 0 Å². The quantitative estimate of drug-likeness (QED) is 0.830. The van der Waals surface area contributed by atoms with Gasteiger partial charge in [0.05, 0.1) is 24.8 Å². The molecule has 1 aromatic carbocycles. The molecule has 1 fully saturated rings. The summed E-state index contributed by atoms with van der Waals surface area (Å²) in [5, 5.41) is 6.25. The third-order valence-electron chi connectivity index (χ3n) is 3.82. The highest BCUT2D eigenvalue weighted by Crippen LogP contribution is 2.15. The van der Waals surface area contributed by atoms with Gasteiger partial charge in [-0.3, -0.25) is 4.79 Å². The SMILES string of the molecule is COC(=O)c1ccc([C@H](C)NC(=O)[C@H]2CCCCN2)cc1. The summed E-state index contributed by atoms with van der Waals surface area (Å²) in [6.45, 7) is 2.84. The number of benzene rings is 1. The van der Waals surface area contributed by atoms with Gasteiger partial charge in [-0.2, -0.15) is 0 Å². The van der Waals surface area contributed by atoms with Gasteiger partial charge in [-0.15, -0.1) is 0 Å². The highest BCUT2D eigenvalue weighted by atomic mass is 16.5. The summed E-state index contributed by atoms with van der Waals surface area (Å²) in [6, 6.07) is 6.92. The molecule has 1 aliphatic heterocycles. The number of carbonyl (C=O) groups is 2. The zero-order chi connectivity index (χ0) is 15.2. The molecule has 0 radical (unpaired) electrons. The third-order valence-corrected chi connectivity index (χ3v) is 3.82. The average Bonchev–Trinajstić information content (AvgIpc) is 2.55. The molecule has 0 aromatic heterocycles. The monoisotopic (exact) mass is 290 g/mol. The molecule has 5 nitrogen and oxygen atoms in total. The van der Waals surface area contributed by atoms with E-state index in [0.717, 1.165) is 31.4 Å². The highest BCUT2D eigenvalue weighted by molar-refractivity contribution is 5.89. The van der Waals surface area contributed by atoms with Crippen molar-refractivity contribution in [1.82, 2.24) is 10.6 Å². The van der Waals surface area contributed by atoms with Crippen LogP contribution in [-0.4, -0.2) is 31.6 Å². The molecule has 1 aromatic rings. The Kier molecular flexibility index (Phi) is 5.33. The molecule has 0 aliphatic carbocycles. The lowest BCUT2D eigenvalue weighted by atomic mass is 10.0. The molecule has 5 heteroatoms. The third kappa shape index (κ3) is 4.04. The van der Waals surface area contributed by atoms with Crippen LogP contribution in [0.4, 0.5) is 0 Å². The Bertz CT molecular complexity index is 493. The summed E-state index contributed by atoms with van der Waals surface area (Å²) in [7, 11) is 1.36. The van der Waals surface area contributed by atoms with Gasteiger partial charge in [-0.1, -0.05) is 18.6 Å². The van der Waals surface area contributed by atoms with Crippen LogP contribution in [0.15, 0.2) is 24.3 Å². The fourth-order valence-corrected chi connectivity index (χ4v) is 2.50. The number of piperidine rings is 1. The molecule has 0 unspecified atom stereocenters. The van der Waals surface area contributed by atoms with Crippen LogP contribution < -0.4 is 10.6 Å². The van der Waals surface area contributed by atoms with E-state index < -0.39 is 0 Å².